The third-order valence-electron chi connectivity index (χ3n) is 4.32. The van der Waals surface area contributed by atoms with Crippen molar-refractivity contribution in [1.82, 2.24) is 9.62 Å². The molecule has 0 aromatic heterocycles. The Balaban J connectivity index is 1.79. The molecule has 0 saturated carbocycles. The molecular formula is C18H26N2O5S. The highest BCUT2D eigenvalue weighted by atomic mass is 32.2. The lowest BCUT2D eigenvalue weighted by Gasteiger charge is -2.34. The van der Waals surface area contributed by atoms with Crippen molar-refractivity contribution in [3.05, 3.63) is 29.8 Å². The number of hydrogen-bond acceptors (Lipinski definition) is 5. The zero-order valence-corrected chi connectivity index (χ0v) is 16.2. The van der Waals surface area contributed by atoms with Gasteiger partial charge in [0.15, 0.2) is 6.61 Å². The monoisotopic (exact) mass is 382 g/mol. The van der Waals surface area contributed by atoms with Gasteiger partial charge in [-0.25, -0.2) is 8.42 Å². The van der Waals surface area contributed by atoms with Crippen LogP contribution in [-0.4, -0.2) is 51.4 Å². The predicted octanol–water partition coefficient (Wildman–Crippen LogP) is 1.32. The van der Waals surface area contributed by atoms with Gasteiger partial charge in [0.2, 0.25) is 10.0 Å². The fourth-order valence-electron chi connectivity index (χ4n) is 3.11. The Labute approximate surface area is 154 Å². The molecule has 0 radical (unpaired) electrons. The summed E-state index contributed by atoms with van der Waals surface area (Å²) in [4.78, 5) is 25.7. The number of ether oxygens (including phenoxy) is 1. The predicted molar refractivity (Wildman–Crippen MR) is 96.9 cm³/mol. The number of nitrogens with one attached hydrogen (secondary N) is 1. The molecule has 1 aromatic carbocycles. The number of benzene rings is 1. The van der Waals surface area contributed by atoms with Crippen LogP contribution in [0.25, 0.3) is 0 Å². The Morgan fingerprint density at radius 1 is 1.15 bits per heavy atom. The summed E-state index contributed by atoms with van der Waals surface area (Å²) in [6.07, 6.45) is 1.07. The van der Waals surface area contributed by atoms with E-state index in [2.05, 4.69) is 18.6 Å². The van der Waals surface area contributed by atoms with E-state index < -0.39 is 22.5 Å². The number of piperidine rings is 1. The zero-order chi connectivity index (χ0) is 19.3. The molecule has 144 valence electrons. The molecule has 1 fully saturated rings. The molecule has 8 heteroatoms. The Hall–Kier alpha value is -1.93. The Kier molecular flexibility index (Phi) is 6.77. The molecule has 26 heavy (non-hydrogen) atoms. The summed E-state index contributed by atoms with van der Waals surface area (Å²) in [6.45, 7) is 6.44. The smallest absolute Gasteiger partial charge is 0.321 e. The standard InChI is InChI=1S/C18H26N2O5S/c1-13-4-6-16(7-5-13)26(23,24)19-9-18(22)25-12-17(21)20-10-14(2)8-15(3)11-20/h4-7,14-15,19H,8-12H2,1-3H3/t14-,15-/m1/s1. The highest BCUT2D eigenvalue weighted by molar-refractivity contribution is 7.89. The number of carbonyl (C=O) groups is 2. The number of rotatable bonds is 6. The average molecular weight is 382 g/mol. The summed E-state index contributed by atoms with van der Waals surface area (Å²) < 4.78 is 31.3. The quantitative estimate of drug-likeness (QED) is 0.749. The van der Waals surface area contributed by atoms with Crippen molar-refractivity contribution >= 4 is 21.9 Å². The number of sulfonamides is 1. The van der Waals surface area contributed by atoms with Crippen LogP contribution in [0.15, 0.2) is 29.2 Å². The van der Waals surface area contributed by atoms with Crippen molar-refractivity contribution in [3.63, 3.8) is 0 Å². The number of aryl methyl sites for hydroxylation is 1. The second-order valence-corrected chi connectivity index (χ2v) is 8.81. The molecule has 7 nitrogen and oxygen atoms in total. The van der Waals surface area contributed by atoms with E-state index in [9.17, 15) is 18.0 Å². The first-order valence-electron chi connectivity index (χ1n) is 8.67. The van der Waals surface area contributed by atoms with E-state index in [1.807, 2.05) is 6.92 Å². The highest BCUT2D eigenvalue weighted by Gasteiger charge is 2.26. The molecule has 0 unspecified atom stereocenters. The molecule has 1 aliphatic heterocycles. The van der Waals surface area contributed by atoms with Crippen LogP contribution in [0.5, 0.6) is 0 Å². The van der Waals surface area contributed by atoms with E-state index in [1.54, 1.807) is 17.0 Å². The van der Waals surface area contributed by atoms with Crippen LogP contribution < -0.4 is 4.72 Å². The van der Waals surface area contributed by atoms with Gasteiger partial charge in [-0.3, -0.25) is 9.59 Å². The first-order chi connectivity index (χ1) is 12.2. The lowest BCUT2D eigenvalue weighted by molar-refractivity contribution is -0.152. The molecule has 1 heterocycles. The fraction of sp³-hybridized carbons (Fsp3) is 0.556. The maximum Gasteiger partial charge on any atom is 0.321 e. The average Bonchev–Trinajstić information content (AvgIpc) is 2.57. The van der Waals surface area contributed by atoms with Crippen molar-refractivity contribution < 1.29 is 22.7 Å². The number of carbonyl (C=O) groups excluding carboxylic acids is 2. The number of amides is 1. The summed E-state index contributed by atoms with van der Waals surface area (Å²) >= 11 is 0. The second-order valence-electron chi connectivity index (χ2n) is 7.04. The first kappa shape index (κ1) is 20.4. The van der Waals surface area contributed by atoms with Gasteiger partial charge in [-0.05, 0) is 37.3 Å². The maximum atomic E-state index is 12.2. The molecule has 1 saturated heterocycles. The summed E-state index contributed by atoms with van der Waals surface area (Å²) in [5.41, 5.74) is 0.934. The topological polar surface area (TPSA) is 92.8 Å². The molecule has 0 bridgehead atoms. The highest BCUT2D eigenvalue weighted by Crippen LogP contribution is 2.20. The molecule has 0 aliphatic carbocycles. The lowest BCUT2D eigenvalue weighted by Crippen LogP contribution is -2.44. The Bertz CT molecular complexity index is 735. The van der Waals surface area contributed by atoms with Gasteiger partial charge in [0.05, 0.1) is 4.90 Å². The maximum absolute atomic E-state index is 12.2. The van der Waals surface area contributed by atoms with E-state index in [0.29, 0.717) is 24.9 Å². The van der Waals surface area contributed by atoms with Crippen molar-refractivity contribution in [2.24, 2.45) is 11.8 Å². The van der Waals surface area contributed by atoms with Gasteiger partial charge in [-0.1, -0.05) is 31.5 Å². The molecule has 1 N–H and O–H groups in total. The number of esters is 1. The molecule has 1 aromatic rings. The van der Waals surface area contributed by atoms with Crippen LogP contribution in [0.2, 0.25) is 0 Å². The minimum absolute atomic E-state index is 0.0725. The van der Waals surface area contributed by atoms with Gasteiger partial charge < -0.3 is 9.64 Å². The van der Waals surface area contributed by atoms with Crippen molar-refractivity contribution in [2.45, 2.75) is 32.1 Å². The van der Waals surface area contributed by atoms with Gasteiger partial charge in [0, 0.05) is 13.1 Å². The van der Waals surface area contributed by atoms with E-state index >= 15 is 0 Å². The minimum atomic E-state index is -3.79. The van der Waals surface area contributed by atoms with E-state index in [0.717, 1.165) is 12.0 Å². The molecule has 0 spiro atoms. The molecule has 2 atom stereocenters. The number of likely N-dealkylation sites (tertiary alicyclic amines) is 1. The SMILES string of the molecule is Cc1ccc(S(=O)(=O)NCC(=O)OCC(=O)N2C[C@H](C)C[C@@H](C)C2)cc1. The first-order valence-corrected chi connectivity index (χ1v) is 10.2. The Morgan fingerprint density at radius 2 is 1.73 bits per heavy atom. The van der Waals surface area contributed by atoms with Gasteiger partial charge >= 0.3 is 5.97 Å². The van der Waals surface area contributed by atoms with Crippen LogP contribution in [0.3, 0.4) is 0 Å². The molecule has 1 amide bonds. The van der Waals surface area contributed by atoms with Crippen LogP contribution in [0.4, 0.5) is 0 Å². The van der Waals surface area contributed by atoms with Gasteiger partial charge in [0.1, 0.15) is 6.54 Å². The third kappa shape index (κ3) is 5.81. The second kappa shape index (κ2) is 8.64. The van der Waals surface area contributed by atoms with Crippen LogP contribution >= 0.6 is 0 Å². The zero-order valence-electron chi connectivity index (χ0n) is 15.4. The summed E-state index contributed by atoms with van der Waals surface area (Å²) in [7, 11) is -3.79. The van der Waals surface area contributed by atoms with Crippen molar-refractivity contribution in [2.75, 3.05) is 26.2 Å². The molecular weight excluding hydrogens is 356 g/mol. The van der Waals surface area contributed by atoms with Crippen molar-refractivity contribution in [1.29, 1.82) is 0 Å². The van der Waals surface area contributed by atoms with Crippen LogP contribution in [0, 0.1) is 18.8 Å². The van der Waals surface area contributed by atoms with E-state index in [-0.39, 0.29) is 17.4 Å². The van der Waals surface area contributed by atoms with Crippen LogP contribution in [0.1, 0.15) is 25.8 Å². The van der Waals surface area contributed by atoms with Crippen LogP contribution in [-0.2, 0) is 24.3 Å². The molecule has 1 aliphatic rings. The Morgan fingerprint density at radius 3 is 2.31 bits per heavy atom. The third-order valence-corrected chi connectivity index (χ3v) is 5.73. The minimum Gasteiger partial charge on any atom is -0.455 e. The number of nitrogens with zero attached hydrogens (tertiary/aromatic N) is 1. The van der Waals surface area contributed by atoms with Gasteiger partial charge in [-0.15, -0.1) is 0 Å². The molecule has 2 rings (SSSR count). The van der Waals surface area contributed by atoms with Gasteiger partial charge in [-0.2, -0.15) is 4.72 Å². The lowest BCUT2D eigenvalue weighted by atomic mass is 9.92. The van der Waals surface area contributed by atoms with Crippen molar-refractivity contribution in [3.8, 4) is 0 Å². The number of hydrogen-bond donors (Lipinski definition) is 1. The summed E-state index contributed by atoms with van der Waals surface area (Å²) in [5.74, 6) is -0.204. The van der Waals surface area contributed by atoms with E-state index in [4.69, 9.17) is 4.74 Å². The summed E-state index contributed by atoms with van der Waals surface area (Å²) in [6, 6.07) is 6.27. The summed E-state index contributed by atoms with van der Waals surface area (Å²) in [5, 5.41) is 0. The normalized spacial score (nSPS) is 20.7. The fourth-order valence-corrected chi connectivity index (χ4v) is 4.07. The van der Waals surface area contributed by atoms with E-state index in [1.165, 1.54) is 12.1 Å². The van der Waals surface area contributed by atoms with Gasteiger partial charge in [0.25, 0.3) is 5.91 Å². The largest absolute Gasteiger partial charge is 0.455 e.